The van der Waals surface area contributed by atoms with Crippen LogP contribution in [0.4, 0.5) is 0 Å². The second kappa shape index (κ2) is 8.79. The molecule has 7 nitrogen and oxygen atoms in total. The molecule has 2 rings (SSSR count). The molecule has 0 unspecified atom stereocenters. The lowest BCUT2D eigenvalue weighted by atomic mass is 9.89. The molecule has 2 atom stereocenters. The van der Waals surface area contributed by atoms with Crippen molar-refractivity contribution in [2.24, 2.45) is 5.92 Å². The van der Waals surface area contributed by atoms with E-state index in [1.54, 1.807) is 0 Å². The minimum atomic E-state index is -3.41. The van der Waals surface area contributed by atoms with Crippen LogP contribution in [-0.4, -0.2) is 78.8 Å². The maximum absolute atomic E-state index is 13.1. The predicted molar refractivity (Wildman–Crippen MR) is 97.2 cm³/mol. The van der Waals surface area contributed by atoms with E-state index in [1.807, 2.05) is 11.8 Å². The number of piperidine rings is 1. The molecule has 0 aromatic rings. The Hall–Kier alpha value is -0.700. The Bertz CT molecular complexity index is 544. The van der Waals surface area contributed by atoms with E-state index >= 15 is 0 Å². The number of aliphatic hydroxyl groups is 1. The smallest absolute Gasteiger partial charge is 0.281 e. The number of hydrogen-bond donors (Lipinski definition) is 1. The Morgan fingerprint density at radius 3 is 2.24 bits per heavy atom. The number of carbonyl (C=O) groups is 1. The number of carbonyl (C=O) groups excluding carboxylic acids is 1. The fraction of sp³-hybridized carbons (Fsp3) is 0.941. The van der Waals surface area contributed by atoms with Crippen LogP contribution in [0.1, 0.15) is 51.9 Å². The molecule has 0 aromatic carbocycles. The second-order valence-corrected chi connectivity index (χ2v) is 9.56. The summed E-state index contributed by atoms with van der Waals surface area (Å²) in [5.74, 6) is -0.0519. The molecular weight excluding hydrogens is 342 g/mol. The quantitative estimate of drug-likeness (QED) is 0.752. The third-order valence-electron chi connectivity index (χ3n) is 5.43. The van der Waals surface area contributed by atoms with Crippen molar-refractivity contribution in [3.8, 4) is 0 Å². The minimum absolute atomic E-state index is 0.0789. The number of rotatable bonds is 6. The zero-order valence-electron chi connectivity index (χ0n) is 15.7. The van der Waals surface area contributed by atoms with Crippen molar-refractivity contribution in [2.45, 2.75) is 64.0 Å². The van der Waals surface area contributed by atoms with Crippen molar-refractivity contribution < 1.29 is 18.3 Å². The van der Waals surface area contributed by atoms with E-state index < -0.39 is 16.3 Å². The van der Waals surface area contributed by atoms with Crippen LogP contribution in [0.2, 0.25) is 0 Å². The summed E-state index contributed by atoms with van der Waals surface area (Å²) in [6, 6.07) is -0.0789. The van der Waals surface area contributed by atoms with Gasteiger partial charge >= 0.3 is 0 Å². The Kier molecular flexibility index (Phi) is 7.25. The molecule has 1 amide bonds. The van der Waals surface area contributed by atoms with Gasteiger partial charge in [-0.15, -0.1) is 0 Å². The van der Waals surface area contributed by atoms with Gasteiger partial charge in [0.1, 0.15) is 0 Å². The molecule has 1 aliphatic carbocycles. The molecule has 0 spiro atoms. The van der Waals surface area contributed by atoms with E-state index in [9.17, 15) is 18.3 Å². The van der Waals surface area contributed by atoms with Gasteiger partial charge in [0.15, 0.2) is 0 Å². The van der Waals surface area contributed by atoms with Crippen molar-refractivity contribution in [1.29, 1.82) is 0 Å². The molecule has 1 aliphatic heterocycles. The maximum atomic E-state index is 13.1. The summed E-state index contributed by atoms with van der Waals surface area (Å²) in [7, 11) is -0.351. The topological polar surface area (TPSA) is 81.2 Å². The predicted octanol–water partition coefficient (Wildman–Crippen LogP) is 1.05. The SMILES string of the molecule is CCCN(C(=O)C1CCN(S(=O)(=O)N(C)C)CC1)[C@@H]1CCCC[C@H]1O. The molecule has 0 bridgehead atoms. The molecule has 25 heavy (non-hydrogen) atoms. The molecule has 1 saturated carbocycles. The van der Waals surface area contributed by atoms with Crippen molar-refractivity contribution in [3.05, 3.63) is 0 Å². The zero-order valence-corrected chi connectivity index (χ0v) is 16.5. The lowest BCUT2D eigenvalue weighted by molar-refractivity contribution is -0.143. The number of hydrogen-bond acceptors (Lipinski definition) is 4. The summed E-state index contributed by atoms with van der Waals surface area (Å²) in [4.78, 5) is 14.9. The first-order valence-electron chi connectivity index (χ1n) is 9.45. The summed E-state index contributed by atoms with van der Waals surface area (Å²) < 4.78 is 27.1. The molecule has 0 radical (unpaired) electrons. The van der Waals surface area contributed by atoms with E-state index in [2.05, 4.69) is 0 Å². The molecular formula is C17H33N3O4S. The first-order chi connectivity index (χ1) is 11.8. The molecule has 8 heteroatoms. The Morgan fingerprint density at radius 2 is 1.72 bits per heavy atom. The standard InChI is InChI=1S/C17H33N3O4S/c1-4-11-20(15-7-5-6-8-16(15)21)17(22)14-9-12-19(13-10-14)25(23,24)18(2)3/h14-16,21H,4-13H2,1-3H3/t15-,16-/m1/s1. The summed E-state index contributed by atoms with van der Waals surface area (Å²) in [5, 5.41) is 10.3. The van der Waals surface area contributed by atoms with Crippen LogP contribution < -0.4 is 0 Å². The van der Waals surface area contributed by atoms with Gasteiger partial charge in [0.25, 0.3) is 10.2 Å². The molecule has 2 aliphatic rings. The lowest BCUT2D eigenvalue weighted by Gasteiger charge is -2.41. The highest BCUT2D eigenvalue weighted by Gasteiger charge is 2.37. The van der Waals surface area contributed by atoms with E-state index in [4.69, 9.17) is 0 Å². The van der Waals surface area contributed by atoms with Gasteiger partial charge in [-0.25, -0.2) is 0 Å². The van der Waals surface area contributed by atoms with E-state index in [0.29, 0.717) is 32.5 Å². The summed E-state index contributed by atoms with van der Waals surface area (Å²) in [6.45, 7) is 3.47. The molecule has 1 saturated heterocycles. The molecule has 0 aromatic heterocycles. The van der Waals surface area contributed by atoms with Crippen LogP contribution >= 0.6 is 0 Å². The van der Waals surface area contributed by atoms with Gasteiger partial charge in [0, 0.05) is 39.6 Å². The summed E-state index contributed by atoms with van der Waals surface area (Å²) in [6.07, 6.45) is 5.23. The molecule has 1 heterocycles. The minimum Gasteiger partial charge on any atom is -0.391 e. The Balaban J connectivity index is 2.01. The van der Waals surface area contributed by atoms with Gasteiger partial charge in [0.2, 0.25) is 5.91 Å². The van der Waals surface area contributed by atoms with Gasteiger partial charge in [-0.05, 0) is 32.1 Å². The number of aliphatic hydroxyl groups excluding tert-OH is 1. The number of amides is 1. The third-order valence-corrected chi connectivity index (χ3v) is 7.37. The highest BCUT2D eigenvalue weighted by molar-refractivity contribution is 7.86. The molecule has 2 fully saturated rings. The van der Waals surface area contributed by atoms with Gasteiger partial charge < -0.3 is 10.0 Å². The fourth-order valence-electron chi connectivity index (χ4n) is 3.93. The largest absolute Gasteiger partial charge is 0.391 e. The summed E-state index contributed by atoms with van der Waals surface area (Å²) in [5.41, 5.74) is 0. The normalized spacial score (nSPS) is 26.8. The maximum Gasteiger partial charge on any atom is 0.281 e. The Labute approximate surface area is 152 Å². The van der Waals surface area contributed by atoms with Crippen molar-refractivity contribution in [3.63, 3.8) is 0 Å². The fourth-order valence-corrected chi connectivity index (χ4v) is 5.07. The first kappa shape index (κ1) is 20.6. The zero-order chi connectivity index (χ0) is 18.6. The van der Waals surface area contributed by atoms with Crippen LogP contribution in [0.3, 0.4) is 0 Å². The van der Waals surface area contributed by atoms with Crippen LogP contribution in [0.15, 0.2) is 0 Å². The highest BCUT2D eigenvalue weighted by Crippen LogP contribution is 2.28. The monoisotopic (exact) mass is 375 g/mol. The van der Waals surface area contributed by atoms with Crippen molar-refractivity contribution >= 4 is 16.1 Å². The van der Waals surface area contributed by atoms with Crippen LogP contribution in [0.25, 0.3) is 0 Å². The van der Waals surface area contributed by atoms with E-state index in [1.165, 1.54) is 22.7 Å². The second-order valence-electron chi connectivity index (χ2n) is 7.41. The van der Waals surface area contributed by atoms with Gasteiger partial charge in [-0.2, -0.15) is 17.0 Å². The van der Waals surface area contributed by atoms with Crippen LogP contribution in [0.5, 0.6) is 0 Å². The lowest BCUT2D eigenvalue weighted by Crippen LogP contribution is -2.53. The average molecular weight is 376 g/mol. The van der Waals surface area contributed by atoms with Crippen molar-refractivity contribution in [2.75, 3.05) is 33.7 Å². The van der Waals surface area contributed by atoms with Gasteiger partial charge in [-0.3, -0.25) is 4.79 Å². The Morgan fingerprint density at radius 1 is 1.12 bits per heavy atom. The van der Waals surface area contributed by atoms with Gasteiger partial charge in [0.05, 0.1) is 12.1 Å². The highest BCUT2D eigenvalue weighted by atomic mass is 32.2. The molecule has 1 N–H and O–H groups in total. The van der Waals surface area contributed by atoms with E-state index in [0.717, 1.165) is 32.1 Å². The van der Waals surface area contributed by atoms with Crippen molar-refractivity contribution in [1.82, 2.24) is 13.5 Å². The number of nitrogens with zero attached hydrogens (tertiary/aromatic N) is 3. The van der Waals surface area contributed by atoms with Crippen LogP contribution in [0, 0.1) is 5.92 Å². The average Bonchev–Trinajstić information content (AvgIpc) is 2.60. The van der Waals surface area contributed by atoms with Crippen LogP contribution in [-0.2, 0) is 15.0 Å². The van der Waals surface area contributed by atoms with E-state index in [-0.39, 0.29) is 17.9 Å². The van der Waals surface area contributed by atoms with Gasteiger partial charge in [-0.1, -0.05) is 19.8 Å². The summed E-state index contributed by atoms with van der Waals surface area (Å²) >= 11 is 0. The molecule has 146 valence electrons. The first-order valence-corrected chi connectivity index (χ1v) is 10.8. The third kappa shape index (κ3) is 4.72.